The number of hydrogen-bond acceptors (Lipinski definition) is 6. The topological polar surface area (TPSA) is 78.9 Å². The maximum Gasteiger partial charge on any atom is 0.306 e. The Morgan fingerprint density at radius 3 is 1.03 bits per heavy atom. The van der Waals surface area contributed by atoms with E-state index in [4.69, 9.17) is 14.2 Å². The number of rotatable bonds is 48. The lowest BCUT2D eigenvalue weighted by Crippen LogP contribution is -2.30. The Kier molecular flexibility index (Phi) is 49.9. The predicted molar refractivity (Wildman–Crippen MR) is 274 cm³/mol. The quantitative estimate of drug-likeness (QED) is 0.0262. The molecular formula is C58H100O6. The Morgan fingerprint density at radius 2 is 0.641 bits per heavy atom. The van der Waals surface area contributed by atoms with Crippen LogP contribution in [0.25, 0.3) is 0 Å². The number of hydrogen-bond donors (Lipinski definition) is 0. The second kappa shape index (κ2) is 52.5. The van der Waals surface area contributed by atoms with Gasteiger partial charge < -0.3 is 14.2 Å². The van der Waals surface area contributed by atoms with Crippen LogP contribution in [0.2, 0.25) is 0 Å². The molecule has 0 aromatic rings. The third-order valence-electron chi connectivity index (χ3n) is 11.4. The van der Waals surface area contributed by atoms with E-state index >= 15 is 0 Å². The molecule has 0 saturated carbocycles. The van der Waals surface area contributed by atoms with Crippen molar-refractivity contribution in [3.8, 4) is 0 Å². The smallest absolute Gasteiger partial charge is 0.306 e. The van der Waals surface area contributed by atoms with E-state index in [1.165, 1.54) is 109 Å². The first-order valence-electron chi connectivity index (χ1n) is 26.9. The normalized spacial score (nSPS) is 12.6. The van der Waals surface area contributed by atoms with Crippen molar-refractivity contribution in [3.63, 3.8) is 0 Å². The lowest BCUT2D eigenvalue weighted by molar-refractivity contribution is -0.167. The first-order valence-corrected chi connectivity index (χ1v) is 26.9. The van der Waals surface area contributed by atoms with Crippen LogP contribution in [0, 0.1) is 0 Å². The largest absolute Gasteiger partial charge is 0.462 e. The molecule has 0 spiro atoms. The fraction of sp³-hybridized carbons (Fsp3) is 0.741. The van der Waals surface area contributed by atoms with Gasteiger partial charge in [0.15, 0.2) is 6.10 Å². The summed E-state index contributed by atoms with van der Waals surface area (Å²) in [6, 6.07) is 0. The van der Waals surface area contributed by atoms with Gasteiger partial charge in [-0.15, -0.1) is 0 Å². The molecular weight excluding hydrogens is 793 g/mol. The average molecular weight is 893 g/mol. The van der Waals surface area contributed by atoms with Crippen LogP contribution in [0.4, 0.5) is 0 Å². The molecule has 0 aromatic heterocycles. The third-order valence-corrected chi connectivity index (χ3v) is 11.4. The lowest BCUT2D eigenvalue weighted by atomic mass is 10.1. The SMILES string of the molecule is CC/C=C\C/C=C\C/C=C\C/C=C\CCCCCCCCCCCCC(=O)OCC(COC(=O)CCCCCCC/C=C\CCC)OC(=O)CCCCCCC/C=C\CCCCCC. The highest BCUT2D eigenvalue weighted by atomic mass is 16.6. The van der Waals surface area contributed by atoms with Gasteiger partial charge >= 0.3 is 17.9 Å². The second-order valence-corrected chi connectivity index (χ2v) is 17.7. The summed E-state index contributed by atoms with van der Waals surface area (Å²) < 4.78 is 16.8. The molecule has 0 aliphatic carbocycles. The van der Waals surface area contributed by atoms with Crippen molar-refractivity contribution in [2.75, 3.05) is 13.2 Å². The Labute approximate surface area is 395 Å². The van der Waals surface area contributed by atoms with Crippen LogP contribution in [0.1, 0.15) is 258 Å². The number of ether oxygens (including phenoxy) is 3. The molecule has 6 nitrogen and oxygen atoms in total. The Bertz CT molecular complexity index is 1210. The standard InChI is InChI=1S/C58H100O6/c1-4-7-10-13-16-19-22-24-25-26-27-28-29-30-31-32-33-35-36-39-42-45-48-51-57(60)63-54-55(53-62-56(59)50-47-44-41-38-21-18-15-12-9-6-3)64-58(61)52-49-46-43-40-37-34-23-20-17-14-11-8-5-2/h7,10,12,15-16,19-20,23-25,27-28,55H,4-6,8-9,11,13-14,17-18,21-22,26,29-54H2,1-3H3/b10-7-,15-12-,19-16-,23-20-,25-24-,28-27-. The number of unbranched alkanes of at least 4 members (excludes halogenated alkanes) is 25. The Hall–Kier alpha value is -3.15. The summed E-state index contributed by atoms with van der Waals surface area (Å²) in [7, 11) is 0. The van der Waals surface area contributed by atoms with Crippen LogP contribution < -0.4 is 0 Å². The highest BCUT2D eigenvalue weighted by molar-refractivity contribution is 5.71. The van der Waals surface area contributed by atoms with E-state index in [0.29, 0.717) is 19.3 Å². The fourth-order valence-electron chi connectivity index (χ4n) is 7.37. The van der Waals surface area contributed by atoms with Crippen LogP contribution >= 0.6 is 0 Å². The summed E-state index contributed by atoms with van der Waals surface area (Å²) in [5, 5.41) is 0. The molecule has 0 N–H and O–H groups in total. The summed E-state index contributed by atoms with van der Waals surface area (Å²) >= 11 is 0. The monoisotopic (exact) mass is 893 g/mol. The average Bonchev–Trinajstić information content (AvgIpc) is 3.29. The molecule has 1 unspecified atom stereocenters. The van der Waals surface area contributed by atoms with Gasteiger partial charge in [-0.3, -0.25) is 14.4 Å². The molecule has 0 saturated heterocycles. The maximum atomic E-state index is 12.8. The van der Waals surface area contributed by atoms with Gasteiger partial charge in [0.25, 0.3) is 0 Å². The van der Waals surface area contributed by atoms with Crippen LogP contribution in [0.3, 0.4) is 0 Å². The first kappa shape index (κ1) is 60.9. The molecule has 0 aromatic carbocycles. The van der Waals surface area contributed by atoms with Crippen LogP contribution in [0.5, 0.6) is 0 Å². The van der Waals surface area contributed by atoms with Crippen molar-refractivity contribution in [1.82, 2.24) is 0 Å². The van der Waals surface area contributed by atoms with E-state index in [2.05, 4.69) is 93.7 Å². The van der Waals surface area contributed by atoms with E-state index in [1.54, 1.807) is 0 Å². The van der Waals surface area contributed by atoms with Crippen molar-refractivity contribution in [2.24, 2.45) is 0 Å². The van der Waals surface area contributed by atoms with Crippen molar-refractivity contribution in [1.29, 1.82) is 0 Å². The van der Waals surface area contributed by atoms with Gasteiger partial charge in [-0.2, -0.15) is 0 Å². The zero-order valence-corrected chi connectivity index (χ0v) is 42.0. The summed E-state index contributed by atoms with van der Waals surface area (Å²) in [4.78, 5) is 37.9. The molecule has 0 radical (unpaired) electrons. The highest BCUT2D eigenvalue weighted by Crippen LogP contribution is 2.15. The highest BCUT2D eigenvalue weighted by Gasteiger charge is 2.19. The van der Waals surface area contributed by atoms with Gasteiger partial charge in [0, 0.05) is 19.3 Å². The number of carbonyl (C=O) groups excluding carboxylic acids is 3. The molecule has 368 valence electrons. The molecule has 0 rings (SSSR count). The van der Waals surface area contributed by atoms with E-state index < -0.39 is 6.10 Å². The van der Waals surface area contributed by atoms with Gasteiger partial charge in [0.05, 0.1) is 0 Å². The zero-order valence-electron chi connectivity index (χ0n) is 42.0. The summed E-state index contributed by atoms with van der Waals surface area (Å²) in [5.41, 5.74) is 0. The molecule has 0 heterocycles. The van der Waals surface area contributed by atoms with Crippen molar-refractivity contribution in [3.05, 3.63) is 72.9 Å². The number of esters is 3. The van der Waals surface area contributed by atoms with E-state index in [0.717, 1.165) is 109 Å². The second-order valence-electron chi connectivity index (χ2n) is 17.7. The minimum Gasteiger partial charge on any atom is -0.462 e. The first-order chi connectivity index (χ1) is 31.5. The van der Waals surface area contributed by atoms with Crippen LogP contribution in [-0.4, -0.2) is 37.2 Å². The summed E-state index contributed by atoms with van der Waals surface area (Å²) in [6.07, 6.45) is 66.1. The molecule has 0 aliphatic rings. The van der Waals surface area contributed by atoms with Gasteiger partial charge in [-0.05, 0) is 103 Å². The van der Waals surface area contributed by atoms with Crippen LogP contribution in [-0.2, 0) is 28.6 Å². The zero-order chi connectivity index (χ0) is 46.5. The Balaban J connectivity index is 4.27. The summed E-state index contributed by atoms with van der Waals surface area (Å²) in [5.74, 6) is -0.904. The third kappa shape index (κ3) is 49.9. The van der Waals surface area contributed by atoms with Gasteiger partial charge in [0.2, 0.25) is 0 Å². The molecule has 6 heteroatoms. The molecule has 0 bridgehead atoms. The van der Waals surface area contributed by atoms with Crippen molar-refractivity contribution < 1.29 is 28.6 Å². The number of allylic oxidation sites excluding steroid dienone is 12. The fourth-order valence-corrected chi connectivity index (χ4v) is 7.37. The minimum atomic E-state index is -0.783. The van der Waals surface area contributed by atoms with Crippen molar-refractivity contribution in [2.45, 2.75) is 264 Å². The molecule has 64 heavy (non-hydrogen) atoms. The van der Waals surface area contributed by atoms with Gasteiger partial charge in [0.1, 0.15) is 13.2 Å². The van der Waals surface area contributed by atoms with E-state index in [9.17, 15) is 14.4 Å². The van der Waals surface area contributed by atoms with Gasteiger partial charge in [-0.25, -0.2) is 0 Å². The molecule has 0 amide bonds. The minimum absolute atomic E-state index is 0.0832. The molecule has 0 aliphatic heterocycles. The molecule has 0 fully saturated rings. The van der Waals surface area contributed by atoms with Crippen LogP contribution in [0.15, 0.2) is 72.9 Å². The molecule has 1 atom stereocenters. The predicted octanol–water partition coefficient (Wildman–Crippen LogP) is 17.8. The lowest BCUT2D eigenvalue weighted by Gasteiger charge is -2.18. The van der Waals surface area contributed by atoms with E-state index in [-0.39, 0.29) is 31.1 Å². The van der Waals surface area contributed by atoms with Crippen molar-refractivity contribution >= 4 is 17.9 Å². The Morgan fingerprint density at radius 1 is 0.328 bits per heavy atom. The summed E-state index contributed by atoms with van der Waals surface area (Å²) in [6.45, 7) is 6.44. The maximum absolute atomic E-state index is 12.8. The number of carbonyl (C=O) groups is 3. The van der Waals surface area contributed by atoms with E-state index in [1.807, 2.05) is 0 Å². The van der Waals surface area contributed by atoms with Gasteiger partial charge in [-0.1, -0.05) is 209 Å².